The minimum atomic E-state index is -0.167. The number of cyclic esters (lactones) is 1. The van der Waals surface area contributed by atoms with E-state index in [1.54, 1.807) is 11.9 Å². The maximum atomic E-state index is 12.1. The van der Waals surface area contributed by atoms with Crippen LogP contribution in [0.5, 0.6) is 5.75 Å². The number of benzene rings is 1. The largest absolute Gasteiger partial charge is 0.491 e. The molecule has 23 heavy (non-hydrogen) atoms. The summed E-state index contributed by atoms with van der Waals surface area (Å²) in [5.41, 5.74) is 1.17. The van der Waals surface area contributed by atoms with Gasteiger partial charge in [0.2, 0.25) is 5.91 Å². The number of hydrogen-bond donors (Lipinski definition) is 0. The van der Waals surface area contributed by atoms with E-state index in [0.29, 0.717) is 32.6 Å². The lowest BCUT2D eigenvalue weighted by Gasteiger charge is -2.18. The molecule has 5 nitrogen and oxygen atoms in total. The van der Waals surface area contributed by atoms with Gasteiger partial charge >= 0.3 is 5.97 Å². The normalized spacial score (nSPS) is 17.0. The predicted octanol–water partition coefficient (Wildman–Crippen LogP) is 2.43. The van der Waals surface area contributed by atoms with Gasteiger partial charge in [-0.25, -0.2) is 0 Å². The minimum absolute atomic E-state index is 0.0390. The molecule has 0 saturated carbocycles. The van der Waals surface area contributed by atoms with Gasteiger partial charge in [0.15, 0.2) is 0 Å². The summed E-state index contributed by atoms with van der Waals surface area (Å²) in [6.45, 7) is 3.57. The monoisotopic (exact) mass is 319 g/mol. The molecule has 126 valence electrons. The number of likely N-dealkylation sites (N-methyl/N-ethyl adjacent to an activating group) is 1. The number of para-hydroxylation sites is 1. The van der Waals surface area contributed by atoms with Crippen molar-refractivity contribution in [2.24, 2.45) is 5.92 Å². The van der Waals surface area contributed by atoms with E-state index in [4.69, 9.17) is 9.47 Å². The number of carbonyl (C=O) groups is 2. The second kappa shape index (κ2) is 8.56. The molecule has 0 unspecified atom stereocenters. The Balaban J connectivity index is 1.70. The fourth-order valence-corrected chi connectivity index (χ4v) is 2.64. The van der Waals surface area contributed by atoms with Crippen molar-refractivity contribution in [2.75, 3.05) is 26.8 Å². The highest BCUT2D eigenvalue weighted by Gasteiger charge is 2.27. The van der Waals surface area contributed by atoms with Gasteiger partial charge in [0.05, 0.1) is 19.1 Å². The Kier molecular flexibility index (Phi) is 6.44. The molecule has 0 N–H and O–H groups in total. The molecule has 1 fully saturated rings. The lowest BCUT2D eigenvalue weighted by molar-refractivity contribution is -0.141. The fourth-order valence-electron chi connectivity index (χ4n) is 2.64. The maximum absolute atomic E-state index is 12.1. The van der Waals surface area contributed by atoms with Gasteiger partial charge in [0.1, 0.15) is 12.4 Å². The van der Waals surface area contributed by atoms with E-state index in [2.05, 4.69) is 6.92 Å². The van der Waals surface area contributed by atoms with Gasteiger partial charge < -0.3 is 14.4 Å². The molecule has 1 aromatic rings. The summed E-state index contributed by atoms with van der Waals surface area (Å²) >= 11 is 0. The van der Waals surface area contributed by atoms with Crippen molar-refractivity contribution in [3.63, 3.8) is 0 Å². The standard InChI is InChI=1S/C18H25NO4/c1-3-14-6-4-5-7-16(14)22-13-11-19(2)17(20)9-8-15-10-12-23-18(15)21/h4-7,15H,3,8-13H2,1-2H3/t15-/m1/s1. The Morgan fingerprint density at radius 1 is 1.39 bits per heavy atom. The molecule has 5 heteroatoms. The molecule has 1 heterocycles. The van der Waals surface area contributed by atoms with Gasteiger partial charge in [0, 0.05) is 13.5 Å². The van der Waals surface area contributed by atoms with E-state index < -0.39 is 0 Å². The van der Waals surface area contributed by atoms with Crippen LogP contribution in [0.1, 0.15) is 31.7 Å². The zero-order valence-electron chi connectivity index (χ0n) is 13.9. The van der Waals surface area contributed by atoms with Crippen molar-refractivity contribution < 1.29 is 19.1 Å². The Morgan fingerprint density at radius 3 is 2.87 bits per heavy atom. The number of carbonyl (C=O) groups excluding carboxylic acids is 2. The Bertz CT molecular complexity index is 544. The second-order valence-electron chi connectivity index (χ2n) is 5.82. The Hall–Kier alpha value is -2.04. The van der Waals surface area contributed by atoms with Crippen molar-refractivity contribution in [3.05, 3.63) is 29.8 Å². The van der Waals surface area contributed by atoms with Gasteiger partial charge in [0.25, 0.3) is 0 Å². The molecule has 1 aliphatic heterocycles. The first-order valence-electron chi connectivity index (χ1n) is 8.23. The summed E-state index contributed by atoms with van der Waals surface area (Å²) in [4.78, 5) is 25.1. The lowest BCUT2D eigenvalue weighted by Crippen LogP contribution is -2.31. The van der Waals surface area contributed by atoms with Gasteiger partial charge in [-0.2, -0.15) is 0 Å². The number of amides is 1. The van der Waals surface area contributed by atoms with Gasteiger partial charge in [-0.05, 0) is 30.9 Å². The summed E-state index contributed by atoms with van der Waals surface area (Å²) in [7, 11) is 1.77. The summed E-state index contributed by atoms with van der Waals surface area (Å²) in [5, 5.41) is 0. The average molecular weight is 319 g/mol. The van der Waals surface area contributed by atoms with Crippen molar-refractivity contribution in [3.8, 4) is 5.75 Å². The van der Waals surface area contributed by atoms with Crippen LogP contribution in [0.15, 0.2) is 24.3 Å². The summed E-state index contributed by atoms with van der Waals surface area (Å²) < 4.78 is 10.7. The molecular weight excluding hydrogens is 294 g/mol. The van der Waals surface area contributed by atoms with Gasteiger partial charge in [-0.3, -0.25) is 9.59 Å². The molecule has 1 aliphatic rings. The van der Waals surface area contributed by atoms with Gasteiger partial charge in [-0.1, -0.05) is 25.1 Å². The summed E-state index contributed by atoms with van der Waals surface area (Å²) in [6, 6.07) is 7.94. The highest BCUT2D eigenvalue weighted by Crippen LogP contribution is 2.20. The summed E-state index contributed by atoms with van der Waals surface area (Å²) in [5.74, 6) is 0.640. The van der Waals surface area contributed by atoms with Crippen LogP contribution in [0.25, 0.3) is 0 Å². The van der Waals surface area contributed by atoms with E-state index in [-0.39, 0.29) is 17.8 Å². The van der Waals surface area contributed by atoms with E-state index in [1.807, 2.05) is 24.3 Å². The van der Waals surface area contributed by atoms with Crippen LogP contribution in [0.4, 0.5) is 0 Å². The number of hydrogen-bond acceptors (Lipinski definition) is 4. The second-order valence-corrected chi connectivity index (χ2v) is 5.82. The van der Waals surface area contributed by atoms with Crippen LogP contribution in [0.3, 0.4) is 0 Å². The molecule has 0 spiro atoms. The van der Waals surface area contributed by atoms with Gasteiger partial charge in [-0.15, -0.1) is 0 Å². The quantitative estimate of drug-likeness (QED) is 0.691. The number of ether oxygens (including phenoxy) is 2. The third kappa shape index (κ3) is 4.98. The first-order valence-corrected chi connectivity index (χ1v) is 8.23. The molecule has 0 radical (unpaired) electrons. The molecule has 2 rings (SSSR count). The molecule has 1 saturated heterocycles. The van der Waals surface area contributed by atoms with Crippen molar-refractivity contribution >= 4 is 11.9 Å². The summed E-state index contributed by atoms with van der Waals surface area (Å²) in [6.07, 6.45) is 2.60. The molecule has 1 aromatic carbocycles. The maximum Gasteiger partial charge on any atom is 0.309 e. The number of rotatable bonds is 8. The van der Waals surface area contributed by atoms with Crippen LogP contribution < -0.4 is 4.74 Å². The third-order valence-electron chi connectivity index (χ3n) is 4.21. The molecule has 1 atom stereocenters. The third-order valence-corrected chi connectivity index (χ3v) is 4.21. The molecular formula is C18H25NO4. The molecule has 0 aromatic heterocycles. The van der Waals surface area contributed by atoms with Crippen molar-refractivity contribution in [2.45, 2.75) is 32.6 Å². The zero-order valence-corrected chi connectivity index (χ0v) is 13.9. The molecule has 0 bridgehead atoms. The van der Waals surface area contributed by atoms with Crippen LogP contribution in [0.2, 0.25) is 0 Å². The molecule has 1 amide bonds. The van der Waals surface area contributed by atoms with Crippen LogP contribution in [0, 0.1) is 5.92 Å². The van der Waals surface area contributed by atoms with Crippen molar-refractivity contribution in [1.29, 1.82) is 0 Å². The Labute approximate surface area is 137 Å². The topological polar surface area (TPSA) is 55.8 Å². The van der Waals surface area contributed by atoms with Crippen molar-refractivity contribution in [1.82, 2.24) is 4.90 Å². The van der Waals surface area contributed by atoms with E-state index >= 15 is 0 Å². The minimum Gasteiger partial charge on any atom is -0.491 e. The number of aryl methyl sites for hydroxylation is 1. The first kappa shape index (κ1) is 17.3. The smallest absolute Gasteiger partial charge is 0.309 e. The average Bonchev–Trinajstić information content (AvgIpc) is 2.98. The zero-order chi connectivity index (χ0) is 16.7. The van der Waals surface area contributed by atoms with E-state index in [9.17, 15) is 9.59 Å². The number of nitrogens with zero attached hydrogens (tertiary/aromatic N) is 1. The van der Waals surface area contributed by atoms with Crippen LogP contribution in [-0.2, 0) is 20.7 Å². The number of esters is 1. The predicted molar refractivity (Wildman–Crippen MR) is 87.3 cm³/mol. The highest BCUT2D eigenvalue weighted by molar-refractivity contribution is 5.78. The van der Waals surface area contributed by atoms with Crippen LogP contribution >= 0.6 is 0 Å². The molecule has 0 aliphatic carbocycles. The first-order chi connectivity index (χ1) is 11.1. The van der Waals surface area contributed by atoms with E-state index in [0.717, 1.165) is 18.6 Å². The lowest BCUT2D eigenvalue weighted by atomic mass is 10.0. The van der Waals surface area contributed by atoms with Crippen LogP contribution in [-0.4, -0.2) is 43.6 Å². The Morgan fingerprint density at radius 2 is 2.17 bits per heavy atom. The highest BCUT2D eigenvalue weighted by atomic mass is 16.5. The fraction of sp³-hybridized carbons (Fsp3) is 0.556. The SMILES string of the molecule is CCc1ccccc1OCCN(C)C(=O)CC[C@@H]1CCOC1=O. The van der Waals surface area contributed by atoms with E-state index in [1.165, 1.54) is 5.56 Å².